The molecule has 2 aromatic heterocycles. The van der Waals surface area contributed by atoms with Gasteiger partial charge in [0.2, 0.25) is 0 Å². The first kappa shape index (κ1) is 8.59. The first-order chi connectivity index (χ1) is 6.36. The molecular weight excluding hydrogens is 202 g/mol. The first-order valence-electron chi connectivity index (χ1n) is 3.76. The third-order valence-corrected chi connectivity index (χ3v) is 3.55. The van der Waals surface area contributed by atoms with Crippen LogP contribution in [-0.2, 0) is 0 Å². The topological polar surface area (TPSA) is 26.9 Å². The summed E-state index contributed by atoms with van der Waals surface area (Å²) in [5.74, 6) is 0. The largest absolute Gasteiger partial charge is 0.618 e. The Kier molecular flexibility index (Phi) is 2.52. The van der Waals surface area contributed by atoms with Crippen molar-refractivity contribution in [2.24, 2.45) is 0 Å². The van der Waals surface area contributed by atoms with Gasteiger partial charge in [-0.1, -0.05) is 6.07 Å². The van der Waals surface area contributed by atoms with Gasteiger partial charge in [0.05, 0.1) is 4.21 Å². The minimum Gasteiger partial charge on any atom is -0.618 e. The monoisotopic (exact) mass is 209 g/mol. The summed E-state index contributed by atoms with van der Waals surface area (Å²) in [5, 5.41) is 14.0. The molecule has 0 unspecified atom stereocenters. The molecule has 0 aliphatic rings. The van der Waals surface area contributed by atoms with Crippen molar-refractivity contribution in [3.8, 4) is 0 Å². The van der Waals surface area contributed by atoms with Gasteiger partial charge < -0.3 is 5.21 Å². The summed E-state index contributed by atoms with van der Waals surface area (Å²) in [5.41, 5.74) is 0. The minimum atomic E-state index is 0.713. The summed E-state index contributed by atoms with van der Waals surface area (Å²) >= 11 is 3.13. The van der Waals surface area contributed by atoms with Crippen molar-refractivity contribution in [2.75, 3.05) is 0 Å². The molecule has 0 spiro atoms. The molecule has 0 saturated carbocycles. The number of pyridine rings is 1. The maximum Gasteiger partial charge on any atom is 0.256 e. The molecule has 0 atom stereocenters. The smallest absolute Gasteiger partial charge is 0.256 e. The van der Waals surface area contributed by atoms with Gasteiger partial charge in [-0.3, -0.25) is 0 Å². The molecule has 0 bridgehead atoms. The van der Waals surface area contributed by atoms with Gasteiger partial charge in [0.25, 0.3) is 5.03 Å². The van der Waals surface area contributed by atoms with Crippen molar-refractivity contribution in [1.82, 2.24) is 0 Å². The Labute approximate surface area is 84.4 Å². The second-order valence-corrected chi connectivity index (χ2v) is 4.67. The van der Waals surface area contributed by atoms with Gasteiger partial charge in [-0.05, 0) is 29.3 Å². The van der Waals surface area contributed by atoms with Crippen molar-refractivity contribution in [1.29, 1.82) is 0 Å². The predicted octanol–water partition coefficient (Wildman–Crippen LogP) is 2.53. The highest BCUT2D eigenvalue weighted by Gasteiger charge is 2.05. The van der Waals surface area contributed by atoms with Crippen LogP contribution < -0.4 is 4.73 Å². The maximum atomic E-state index is 11.2. The Hall–Kier alpha value is -1.00. The van der Waals surface area contributed by atoms with Crippen LogP contribution in [0.2, 0.25) is 0 Å². The van der Waals surface area contributed by atoms with E-state index in [-0.39, 0.29) is 0 Å². The molecule has 13 heavy (non-hydrogen) atoms. The van der Waals surface area contributed by atoms with Gasteiger partial charge in [-0.15, -0.1) is 11.3 Å². The fourth-order valence-corrected chi connectivity index (χ4v) is 2.63. The number of thiophene rings is 1. The van der Waals surface area contributed by atoms with E-state index in [1.807, 2.05) is 29.6 Å². The van der Waals surface area contributed by atoms with E-state index in [1.54, 1.807) is 17.4 Å². The van der Waals surface area contributed by atoms with Crippen LogP contribution in [0.5, 0.6) is 0 Å². The van der Waals surface area contributed by atoms with E-state index in [0.29, 0.717) is 5.03 Å². The minimum absolute atomic E-state index is 0.713. The molecule has 2 rings (SSSR count). The lowest BCUT2D eigenvalue weighted by Gasteiger charge is -2.00. The Morgan fingerprint density at radius 1 is 1.23 bits per heavy atom. The number of rotatable bonds is 2. The van der Waals surface area contributed by atoms with E-state index in [0.717, 1.165) is 8.94 Å². The summed E-state index contributed by atoms with van der Waals surface area (Å²) in [4.78, 5) is 0. The molecular formula is C9H7NOS2. The van der Waals surface area contributed by atoms with Gasteiger partial charge in [-0.2, -0.15) is 4.73 Å². The van der Waals surface area contributed by atoms with Gasteiger partial charge in [-0.25, -0.2) is 0 Å². The fraction of sp³-hybridized carbons (Fsp3) is 0. The molecule has 2 heterocycles. The second kappa shape index (κ2) is 3.81. The Balaban J connectivity index is 2.24. The summed E-state index contributed by atoms with van der Waals surface area (Å²) in [7, 11) is 0. The Bertz CT molecular complexity index is 386. The molecule has 4 heteroatoms. The summed E-state index contributed by atoms with van der Waals surface area (Å²) in [6, 6.07) is 9.39. The fourth-order valence-electron chi connectivity index (χ4n) is 0.916. The van der Waals surface area contributed by atoms with E-state index < -0.39 is 0 Å². The summed E-state index contributed by atoms with van der Waals surface area (Å²) in [6.45, 7) is 0. The standard InChI is InChI=1S/C9H7NOS2/c11-10-6-2-1-4-8(10)13-9-5-3-7-12-9/h1-7H. The van der Waals surface area contributed by atoms with E-state index in [1.165, 1.54) is 18.0 Å². The van der Waals surface area contributed by atoms with Crippen LogP contribution >= 0.6 is 23.1 Å². The molecule has 0 aliphatic carbocycles. The molecule has 0 saturated heterocycles. The molecule has 2 aromatic rings. The van der Waals surface area contributed by atoms with Gasteiger partial charge in [0, 0.05) is 12.1 Å². The Morgan fingerprint density at radius 2 is 2.15 bits per heavy atom. The zero-order chi connectivity index (χ0) is 9.10. The summed E-state index contributed by atoms with van der Waals surface area (Å²) < 4.78 is 2.01. The molecule has 0 aliphatic heterocycles. The van der Waals surface area contributed by atoms with Gasteiger partial charge >= 0.3 is 0 Å². The van der Waals surface area contributed by atoms with Gasteiger partial charge in [0.1, 0.15) is 0 Å². The highest BCUT2D eigenvalue weighted by atomic mass is 32.2. The molecule has 0 N–H and O–H groups in total. The van der Waals surface area contributed by atoms with Crippen LogP contribution in [0, 0.1) is 5.21 Å². The molecule has 66 valence electrons. The lowest BCUT2D eigenvalue weighted by atomic mass is 10.5. The van der Waals surface area contributed by atoms with Crippen molar-refractivity contribution in [3.63, 3.8) is 0 Å². The first-order valence-corrected chi connectivity index (χ1v) is 5.45. The van der Waals surface area contributed by atoms with Crippen LogP contribution in [0.15, 0.2) is 51.1 Å². The third-order valence-electron chi connectivity index (χ3n) is 1.49. The summed E-state index contributed by atoms with van der Waals surface area (Å²) in [6.07, 6.45) is 1.51. The van der Waals surface area contributed by atoms with Crippen LogP contribution in [0.25, 0.3) is 0 Å². The molecule has 0 aromatic carbocycles. The number of aromatic nitrogens is 1. The van der Waals surface area contributed by atoms with Crippen LogP contribution in [0.4, 0.5) is 0 Å². The maximum absolute atomic E-state index is 11.2. The van der Waals surface area contributed by atoms with Crippen molar-refractivity contribution in [3.05, 3.63) is 47.1 Å². The van der Waals surface area contributed by atoms with Crippen molar-refractivity contribution >= 4 is 23.1 Å². The third kappa shape index (κ3) is 2.02. The molecule has 0 radical (unpaired) electrons. The SMILES string of the molecule is [O-][n+]1ccccc1Sc1cccs1. The number of hydrogen-bond donors (Lipinski definition) is 0. The quantitative estimate of drug-likeness (QED) is 0.561. The van der Waals surface area contributed by atoms with Crippen LogP contribution in [-0.4, -0.2) is 0 Å². The lowest BCUT2D eigenvalue weighted by Crippen LogP contribution is -2.27. The number of hydrogen-bond acceptors (Lipinski definition) is 3. The van der Waals surface area contributed by atoms with Crippen molar-refractivity contribution < 1.29 is 4.73 Å². The predicted molar refractivity (Wildman–Crippen MR) is 53.8 cm³/mol. The van der Waals surface area contributed by atoms with Crippen LogP contribution in [0.1, 0.15) is 0 Å². The van der Waals surface area contributed by atoms with Crippen LogP contribution in [0.3, 0.4) is 0 Å². The van der Waals surface area contributed by atoms with E-state index in [9.17, 15) is 5.21 Å². The average Bonchev–Trinajstić information content (AvgIpc) is 2.61. The highest BCUT2D eigenvalue weighted by Crippen LogP contribution is 2.28. The average molecular weight is 209 g/mol. The number of nitrogens with zero attached hydrogens (tertiary/aromatic N) is 1. The van der Waals surface area contributed by atoms with E-state index in [4.69, 9.17) is 0 Å². The zero-order valence-electron chi connectivity index (χ0n) is 6.71. The van der Waals surface area contributed by atoms with Crippen molar-refractivity contribution in [2.45, 2.75) is 9.24 Å². The zero-order valence-corrected chi connectivity index (χ0v) is 8.35. The van der Waals surface area contributed by atoms with Gasteiger partial charge in [0.15, 0.2) is 6.20 Å². The molecule has 0 fully saturated rings. The van der Waals surface area contributed by atoms with E-state index in [2.05, 4.69) is 0 Å². The lowest BCUT2D eigenvalue weighted by molar-refractivity contribution is -0.645. The molecule has 0 amide bonds. The normalized spacial score (nSPS) is 10.2. The highest BCUT2D eigenvalue weighted by molar-refractivity contribution is 8.01. The Morgan fingerprint density at radius 3 is 2.85 bits per heavy atom. The molecule has 2 nitrogen and oxygen atoms in total. The second-order valence-electron chi connectivity index (χ2n) is 2.40. The van der Waals surface area contributed by atoms with E-state index >= 15 is 0 Å².